The van der Waals surface area contributed by atoms with Crippen LogP contribution in [0, 0.1) is 6.92 Å². The fraction of sp³-hybridized carbons (Fsp3) is 0.250. The van der Waals surface area contributed by atoms with Gasteiger partial charge in [-0.2, -0.15) is 0 Å². The maximum atomic E-state index is 12.9. The maximum Gasteiger partial charge on any atom is 0.262 e. The Morgan fingerprint density at radius 2 is 1.97 bits per heavy atom. The highest BCUT2D eigenvalue weighted by atomic mass is 32.2. The number of nitrogens with zero attached hydrogens (tertiary/aromatic N) is 6. The number of hydrogen-bond donors (Lipinski definition) is 0. The van der Waals surface area contributed by atoms with E-state index in [1.165, 1.54) is 23.1 Å². The van der Waals surface area contributed by atoms with Crippen LogP contribution >= 0.6 is 23.1 Å². The third-order valence-corrected chi connectivity index (χ3v) is 6.81. The molecule has 30 heavy (non-hydrogen) atoms. The van der Waals surface area contributed by atoms with Crippen molar-refractivity contribution in [2.24, 2.45) is 0 Å². The van der Waals surface area contributed by atoms with Crippen molar-refractivity contribution in [3.05, 3.63) is 67.8 Å². The first-order valence-corrected chi connectivity index (χ1v) is 11.4. The van der Waals surface area contributed by atoms with Crippen molar-refractivity contribution < 1.29 is 0 Å². The fourth-order valence-electron chi connectivity index (χ4n) is 3.57. The summed E-state index contributed by atoms with van der Waals surface area (Å²) in [7, 11) is 0. The molecule has 5 rings (SSSR count). The van der Waals surface area contributed by atoms with Gasteiger partial charge in [-0.25, -0.2) is 4.98 Å². The monoisotopic (exact) mass is 438 g/mol. The molecule has 0 atom stereocenters. The Hall–Kier alpha value is -2.98. The van der Waals surface area contributed by atoms with Crippen LogP contribution < -0.4 is 11.1 Å². The normalized spacial score (nSPS) is 11.8. The molecule has 8 nitrogen and oxygen atoms in total. The highest BCUT2D eigenvalue weighted by Gasteiger charge is 2.17. The van der Waals surface area contributed by atoms with Crippen LogP contribution in [0.15, 0.2) is 50.5 Å². The van der Waals surface area contributed by atoms with E-state index in [1.54, 1.807) is 15.0 Å². The van der Waals surface area contributed by atoms with Gasteiger partial charge >= 0.3 is 0 Å². The van der Waals surface area contributed by atoms with Gasteiger partial charge in [-0.1, -0.05) is 30.8 Å². The molecule has 4 aromatic heterocycles. The number of benzene rings is 1. The molecule has 0 fully saturated rings. The van der Waals surface area contributed by atoms with Crippen molar-refractivity contribution in [3.8, 4) is 0 Å². The van der Waals surface area contributed by atoms with Crippen LogP contribution in [0.1, 0.15) is 24.7 Å². The number of fused-ring (bicyclic) bond motifs is 4. The lowest BCUT2D eigenvalue weighted by Gasteiger charge is -2.10. The highest BCUT2D eigenvalue weighted by molar-refractivity contribution is 7.98. The number of rotatable bonds is 5. The lowest BCUT2D eigenvalue weighted by atomic mass is 10.2. The van der Waals surface area contributed by atoms with Gasteiger partial charge in [0.25, 0.3) is 11.1 Å². The number of para-hydroxylation sites is 1. The van der Waals surface area contributed by atoms with Gasteiger partial charge in [-0.05, 0) is 25.5 Å². The van der Waals surface area contributed by atoms with Crippen LogP contribution in [-0.2, 0) is 12.3 Å². The molecule has 0 saturated heterocycles. The third kappa shape index (κ3) is 2.94. The first-order chi connectivity index (χ1) is 14.6. The molecule has 0 spiro atoms. The van der Waals surface area contributed by atoms with E-state index in [1.807, 2.05) is 47.9 Å². The number of aromatic nitrogens is 6. The zero-order chi connectivity index (χ0) is 20.8. The first kappa shape index (κ1) is 19.0. The summed E-state index contributed by atoms with van der Waals surface area (Å²) < 4.78 is 5.20. The number of aryl methyl sites for hydroxylation is 2. The van der Waals surface area contributed by atoms with Crippen molar-refractivity contribution in [3.63, 3.8) is 0 Å². The molecule has 10 heteroatoms. The minimum Gasteiger partial charge on any atom is -0.276 e. The van der Waals surface area contributed by atoms with Crippen molar-refractivity contribution in [1.29, 1.82) is 0 Å². The molecular formula is C20H18N6O2S2. The highest BCUT2D eigenvalue weighted by Crippen LogP contribution is 2.24. The molecule has 0 aliphatic rings. The van der Waals surface area contributed by atoms with Gasteiger partial charge in [0.2, 0.25) is 5.78 Å². The van der Waals surface area contributed by atoms with Crippen molar-refractivity contribution in [2.45, 2.75) is 37.7 Å². The zero-order valence-electron chi connectivity index (χ0n) is 16.4. The summed E-state index contributed by atoms with van der Waals surface area (Å²) in [5.41, 5.74) is 2.21. The summed E-state index contributed by atoms with van der Waals surface area (Å²) in [6.45, 7) is 4.49. The van der Waals surface area contributed by atoms with Crippen molar-refractivity contribution in [1.82, 2.24) is 28.5 Å². The Morgan fingerprint density at radius 1 is 1.13 bits per heavy atom. The lowest BCUT2D eigenvalue weighted by Crippen LogP contribution is -2.23. The zero-order valence-corrected chi connectivity index (χ0v) is 18.0. The molecule has 5 aromatic rings. The molecule has 0 N–H and O–H groups in total. The minimum atomic E-state index is -0.0808. The van der Waals surface area contributed by atoms with Gasteiger partial charge in [0.05, 0.1) is 16.6 Å². The second kappa shape index (κ2) is 7.37. The second-order valence-electron chi connectivity index (χ2n) is 6.96. The molecule has 0 aliphatic heterocycles. The number of hydrogen-bond acceptors (Lipinski definition) is 7. The quantitative estimate of drug-likeness (QED) is 0.392. The van der Waals surface area contributed by atoms with Gasteiger partial charge in [0.1, 0.15) is 0 Å². The maximum absolute atomic E-state index is 12.9. The molecule has 0 unspecified atom stereocenters. The van der Waals surface area contributed by atoms with Crippen LogP contribution in [0.2, 0.25) is 0 Å². The van der Waals surface area contributed by atoms with Gasteiger partial charge < -0.3 is 0 Å². The molecule has 0 radical (unpaired) electrons. The predicted octanol–water partition coefficient (Wildman–Crippen LogP) is 3.12. The van der Waals surface area contributed by atoms with Gasteiger partial charge in [0, 0.05) is 29.4 Å². The third-order valence-electron chi connectivity index (χ3n) is 4.90. The van der Waals surface area contributed by atoms with Gasteiger partial charge in [-0.15, -0.1) is 21.5 Å². The van der Waals surface area contributed by atoms with Crippen molar-refractivity contribution in [2.75, 3.05) is 0 Å². The van der Waals surface area contributed by atoms with E-state index in [-0.39, 0.29) is 11.1 Å². The Balaban J connectivity index is 1.60. The predicted molar refractivity (Wildman–Crippen MR) is 119 cm³/mol. The molecule has 0 aliphatic carbocycles. The number of thioether (sulfide) groups is 1. The standard InChI is InChI=1S/C20H18N6O2S2/c1-3-8-24-17(28)14-6-4-5-7-15(14)26-18(24)22-23-20(26)30-11-13-9-16(27)25-12(2)10-29-19(25)21-13/h4-7,9-10H,3,8,11H2,1-2H3. The van der Waals surface area contributed by atoms with E-state index in [4.69, 9.17) is 0 Å². The van der Waals surface area contributed by atoms with E-state index in [2.05, 4.69) is 15.2 Å². The molecule has 1 aromatic carbocycles. The van der Waals surface area contributed by atoms with E-state index in [0.717, 1.165) is 17.6 Å². The SMILES string of the molecule is CCCn1c(=O)c2ccccc2n2c(SCc3cc(=O)n4c(C)csc4n3)nnc12. The van der Waals surface area contributed by atoms with Crippen LogP contribution in [0.25, 0.3) is 21.6 Å². The van der Waals surface area contributed by atoms with E-state index in [9.17, 15) is 9.59 Å². The van der Waals surface area contributed by atoms with Gasteiger partial charge in [0.15, 0.2) is 10.1 Å². The van der Waals surface area contributed by atoms with Crippen LogP contribution in [-0.4, -0.2) is 28.5 Å². The summed E-state index contributed by atoms with van der Waals surface area (Å²) >= 11 is 2.90. The average Bonchev–Trinajstić information content (AvgIpc) is 3.33. The van der Waals surface area contributed by atoms with Crippen LogP contribution in [0.3, 0.4) is 0 Å². The summed E-state index contributed by atoms with van der Waals surface area (Å²) in [5, 5.41) is 11.9. The summed E-state index contributed by atoms with van der Waals surface area (Å²) in [4.78, 5) is 30.6. The van der Waals surface area contributed by atoms with Gasteiger partial charge in [-0.3, -0.25) is 23.0 Å². The molecule has 4 heterocycles. The Labute approximate surface area is 178 Å². The Bertz CT molecular complexity index is 1530. The van der Waals surface area contributed by atoms with E-state index < -0.39 is 0 Å². The largest absolute Gasteiger partial charge is 0.276 e. The molecule has 0 bridgehead atoms. The second-order valence-corrected chi connectivity index (χ2v) is 8.74. The van der Waals surface area contributed by atoms with E-state index in [0.29, 0.717) is 39.3 Å². The summed E-state index contributed by atoms with van der Waals surface area (Å²) in [6.07, 6.45) is 0.817. The van der Waals surface area contributed by atoms with Crippen LogP contribution in [0.4, 0.5) is 0 Å². The Morgan fingerprint density at radius 3 is 2.80 bits per heavy atom. The molecule has 152 valence electrons. The molecular weight excluding hydrogens is 420 g/mol. The molecule has 0 saturated carbocycles. The average molecular weight is 439 g/mol. The molecule has 0 amide bonds. The van der Waals surface area contributed by atoms with E-state index >= 15 is 0 Å². The summed E-state index contributed by atoms with van der Waals surface area (Å²) in [5.74, 6) is 1.01. The summed E-state index contributed by atoms with van der Waals surface area (Å²) in [6, 6.07) is 9.05. The Kier molecular flexibility index (Phi) is 4.67. The number of thiazole rings is 1. The smallest absolute Gasteiger partial charge is 0.262 e. The van der Waals surface area contributed by atoms with Crippen molar-refractivity contribution >= 4 is 44.7 Å². The topological polar surface area (TPSA) is 86.6 Å². The first-order valence-electron chi connectivity index (χ1n) is 9.54. The lowest BCUT2D eigenvalue weighted by molar-refractivity contribution is 0.662. The minimum absolute atomic E-state index is 0.0582. The van der Waals surface area contributed by atoms with Crippen LogP contribution in [0.5, 0.6) is 0 Å². The fourth-order valence-corrected chi connectivity index (χ4v) is 5.29.